The first kappa shape index (κ1) is 15.4. The van der Waals surface area contributed by atoms with Gasteiger partial charge in [-0.25, -0.2) is 0 Å². The smallest absolute Gasteiger partial charge is 0.244 e. The molecule has 0 spiro atoms. The predicted octanol–water partition coefficient (Wildman–Crippen LogP) is -2.61. The van der Waals surface area contributed by atoms with Gasteiger partial charge in [0.15, 0.2) is 6.29 Å². The predicted molar refractivity (Wildman–Crippen MR) is 64.9 cm³/mol. The van der Waals surface area contributed by atoms with Gasteiger partial charge in [-0.15, -0.1) is 0 Å². The number of aliphatic hydroxyl groups excluding tert-OH is 4. The van der Waals surface area contributed by atoms with Gasteiger partial charge in [-0.2, -0.15) is 12.6 Å². The Morgan fingerprint density at radius 1 is 1.33 bits per heavy atom. The average Bonchev–Trinajstić information content (AvgIpc) is 2.36. The molecule has 0 radical (unpaired) electrons. The summed E-state index contributed by atoms with van der Waals surface area (Å²) in [4.78, 5) is 11.4. The van der Waals surface area contributed by atoms with E-state index in [2.05, 4.69) is 17.9 Å². The van der Waals surface area contributed by atoms with Gasteiger partial charge >= 0.3 is 0 Å². The van der Waals surface area contributed by atoms with Crippen LogP contribution in [0.2, 0.25) is 0 Å². The van der Waals surface area contributed by atoms with E-state index in [1.54, 1.807) is 0 Å². The van der Waals surface area contributed by atoms with Gasteiger partial charge in [-0.1, -0.05) is 6.08 Å². The first-order valence-corrected chi connectivity index (χ1v) is 6.03. The van der Waals surface area contributed by atoms with E-state index >= 15 is 0 Å². The number of thiol groups is 1. The number of amides is 1. The van der Waals surface area contributed by atoms with Gasteiger partial charge in [-0.3, -0.25) is 4.79 Å². The molecule has 104 valence electrons. The van der Waals surface area contributed by atoms with Crippen LogP contribution in [0.15, 0.2) is 12.2 Å². The third-order valence-electron chi connectivity index (χ3n) is 2.58. The third kappa shape index (κ3) is 3.67. The maximum atomic E-state index is 11.4. The fraction of sp³-hybridized carbons (Fsp3) is 0.700. The fourth-order valence-electron chi connectivity index (χ4n) is 1.63. The molecular weight excluding hydrogens is 262 g/mol. The molecule has 8 heteroatoms. The van der Waals surface area contributed by atoms with Gasteiger partial charge in [0.1, 0.15) is 24.4 Å². The summed E-state index contributed by atoms with van der Waals surface area (Å²) in [6.45, 7) is -0.546. The van der Waals surface area contributed by atoms with Gasteiger partial charge < -0.3 is 30.5 Å². The lowest BCUT2D eigenvalue weighted by Crippen LogP contribution is -2.64. The average molecular weight is 279 g/mol. The summed E-state index contributed by atoms with van der Waals surface area (Å²) in [6, 6.07) is -1.17. The number of hydrogen-bond donors (Lipinski definition) is 6. The Kier molecular flexibility index (Phi) is 6.06. The maximum absolute atomic E-state index is 11.4. The molecule has 5 atom stereocenters. The van der Waals surface area contributed by atoms with Crippen LogP contribution in [0.5, 0.6) is 0 Å². The Morgan fingerprint density at radius 3 is 2.56 bits per heavy atom. The maximum Gasteiger partial charge on any atom is 0.244 e. The van der Waals surface area contributed by atoms with E-state index in [1.165, 1.54) is 12.2 Å². The monoisotopic (exact) mass is 279 g/mol. The summed E-state index contributed by atoms with van der Waals surface area (Å²) in [5, 5.41) is 40.1. The van der Waals surface area contributed by atoms with Crippen molar-refractivity contribution >= 4 is 18.5 Å². The van der Waals surface area contributed by atoms with Crippen LogP contribution in [0.25, 0.3) is 0 Å². The van der Waals surface area contributed by atoms with Crippen molar-refractivity contribution in [1.29, 1.82) is 0 Å². The first-order chi connectivity index (χ1) is 8.51. The molecule has 0 aliphatic carbocycles. The Bertz CT molecular complexity index is 313. The number of aliphatic hydroxyl groups is 4. The van der Waals surface area contributed by atoms with Crippen LogP contribution in [0.4, 0.5) is 0 Å². The van der Waals surface area contributed by atoms with Crippen molar-refractivity contribution < 1.29 is 30.0 Å². The molecule has 0 unspecified atom stereocenters. The zero-order chi connectivity index (χ0) is 13.7. The molecule has 0 bridgehead atoms. The van der Waals surface area contributed by atoms with Gasteiger partial charge in [0, 0.05) is 5.75 Å². The lowest BCUT2D eigenvalue weighted by molar-refractivity contribution is -0.253. The normalized spacial score (nSPS) is 36.8. The van der Waals surface area contributed by atoms with E-state index < -0.39 is 43.2 Å². The minimum atomic E-state index is -1.51. The van der Waals surface area contributed by atoms with E-state index in [4.69, 9.17) is 9.84 Å². The molecule has 1 rings (SSSR count). The first-order valence-electron chi connectivity index (χ1n) is 5.39. The number of hydrogen-bond acceptors (Lipinski definition) is 7. The van der Waals surface area contributed by atoms with Crippen LogP contribution >= 0.6 is 12.6 Å². The largest absolute Gasteiger partial charge is 0.394 e. The molecule has 1 aliphatic rings. The van der Waals surface area contributed by atoms with Gasteiger partial charge in [0.05, 0.1) is 6.61 Å². The molecule has 18 heavy (non-hydrogen) atoms. The zero-order valence-electron chi connectivity index (χ0n) is 9.51. The van der Waals surface area contributed by atoms with Gasteiger partial charge in [0.2, 0.25) is 5.91 Å². The van der Waals surface area contributed by atoms with Crippen LogP contribution in [0, 0.1) is 0 Å². The number of rotatable bonds is 4. The van der Waals surface area contributed by atoms with Crippen molar-refractivity contribution in [1.82, 2.24) is 5.32 Å². The Labute approximate surface area is 109 Å². The zero-order valence-corrected chi connectivity index (χ0v) is 10.4. The lowest BCUT2D eigenvalue weighted by Gasteiger charge is -2.40. The van der Waals surface area contributed by atoms with E-state index in [0.717, 1.165) is 0 Å². The van der Waals surface area contributed by atoms with E-state index in [-0.39, 0.29) is 0 Å². The molecule has 0 aromatic carbocycles. The molecule has 1 amide bonds. The van der Waals surface area contributed by atoms with Crippen LogP contribution in [-0.4, -0.2) is 69.3 Å². The highest BCUT2D eigenvalue weighted by molar-refractivity contribution is 7.80. The summed E-state index contributed by atoms with van der Waals surface area (Å²) in [6.07, 6.45) is -2.74. The minimum absolute atomic E-state index is 0.370. The number of carbonyl (C=O) groups excluding carboxylic acids is 1. The van der Waals surface area contributed by atoms with Crippen molar-refractivity contribution in [3.05, 3.63) is 12.2 Å². The highest BCUT2D eigenvalue weighted by Gasteiger charge is 2.44. The van der Waals surface area contributed by atoms with Crippen molar-refractivity contribution in [3.8, 4) is 0 Å². The summed E-state index contributed by atoms with van der Waals surface area (Å²) in [5.41, 5.74) is 0. The van der Waals surface area contributed by atoms with Crippen molar-refractivity contribution in [2.24, 2.45) is 0 Å². The molecule has 0 aromatic rings. The quantitative estimate of drug-likeness (QED) is 0.248. The van der Waals surface area contributed by atoms with Crippen LogP contribution in [0.1, 0.15) is 0 Å². The van der Waals surface area contributed by atoms with Crippen LogP contribution in [-0.2, 0) is 9.53 Å². The van der Waals surface area contributed by atoms with Crippen molar-refractivity contribution in [2.75, 3.05) is 12.4 Å². The lowest BCUT2D eigenvalue weighted by atomic mass is 9.97. The second-order valence-electron chi connectivity index (χ2n) is 3.85. The Morgan fingerprint density at radius 2 is 2.00 bits per heavy atom. The number of ether oxygens (including phenoxy) is 1. The van der Waals surface area contributed by atoms with Crippen molar-refractivity contribution in [3.63, 3.8) is 0 Å². The van der Waals surface area contributed by atoms with Gasteiger partial charge in [-0.05, 0) is 6.08 Å². The van der Waals surface area contributed by atoms with E-state index in [9.17, 15) is 20.1 Å². The molecule has 0 aromatic heterocycles. The second kappa shape index (κ2) is 7.07. The molecule has 1 saturated heterocycles. The topological polar surface area (TPSA) is 119 Å². The molecule has 1 fully saturated rings. The van der Waals surface area contributed by atoms with Crippen LogP contribution < -0.4 is 5.32 Å². The van der Waals surface area contributed by atoms with Crippen LogP contribution in [0.3, 0.4) is 0 Å². The second-order valence-corrected chi connectivity index (χ2v) is 4.21. The highest BCUT2D eigenvalue weighted by Crippen LogP contribution is 2.19. The standard InChI is InChI=1S/C10H17NO6S/c12-4-5-8(14)9(15)7(10(16)17-5)11-6(13)2-1-3-18/h1-2,5,7-10,12,14-16,18H,3-4H2,(H,11,13)/b2-1+/t5-,7-,8-,9-,10-/m1/s1. The molecule has 1 heterocycles. The third-order valence-corrected chi connectivity index (χ3v) is 2.79. The molecule has 0 saturated carbocycles. The Balaban J connectivity index is 2.65. The van der Waals surface area contributed by atoms with Gasteiger partial charge in [0.25, 0.3) is 0 Å². The number of nitrogens with one attached hydrogen (secondary N) is 1. The minimum Gasteiger partial charge on any atom is -0.394 e. The summed E-state index contributed by atoms with van der Waals surface area (Å²) < 4.78 is 4.88. The Hall–Kier alpha value is -0.640. The summed E-state index contributed by atoms with van der Waals surface area (Å²) in [5.74, 6) is -0.181. The van der Waals surface area contributed by atoms with E-state index in [0.29, 0.717) is 5.75 Å². The fourth-order valence-corrected chi connectivity index (χ4v) is 1.73. The summed E-state index contributed by atoms with van der Waals surface area (Å²) in [7, 11) is 0. The van der Waals surface area contributed by atoms with Crippen molar-refractivity contribution in [2.45, 2.75) is 30.6 Å². The SMILES string of the molecule is O=C(/C=C/CS)N[C@@H]1[C@@H](O)[C@H](O)[C@@H](CO)O[C@H]1O. The molecule has 5 N–H and O–H groups in total. The number of carbonyl (C=O) groups is 1. The molecular formula is C10H17NO6S. The molecule has 7 nitrogen and oxygen atoms in total. The summed E-state index contributed by atoms with van der Waals surface area (Å²) >= 11 is 3.88. The highest BCUT2D eigenvalue weighted by atomic mass is 32.1. The molecule has 1 aliphatic heterocycles. The van der Waals surface area contributed by atoms with E-state index in [1.807, 2.05) is 0 Å².